The van der Waals surface area contributed by atoms with E-state index in [4.69, 9.17) is 14.5 Å². The van der Waals surface area contributed by atoms with Gasteiger partial charge in [-0.2, -0.15) is 0 Å². The number of hydrogen-bond donors (Lipinski definition) is 3. The number of amidine groups is 1. The van der Waals surface area contributed by atoms with E-state index in [-0.39, 0.29) is 110 Å². The molecule has 6 aliphatic rings. The van der Waals surface area contributed by atoms with Gasteiger partial charge in [0.15, 0.2) is 0 Å². The maximum atomic E-state index is 15.8. The SMILES string of the molecule is CC1CC(C(C)(C)C)C(OC(=O)C2=C(C3C=CC=CC3)C(=Cc3[nH]c(NC(=O)C4CCCCC4)c(C(=O)OC4C(C(C)(C)C)CC(C)CC4C(C)(C)C)c3-c3ccccc3)N=C2NC(=O)C2CCCCC2)C(C(C)(C)C)C1. The summed E-state index contributed by atoms with van der Waals surface area (Å²) in [5.41, 5.74) is 2.92. The highest BCUT2D eigenvalue weighted by Crippen LogP contribution is 2.52. The van der Waals surface area contributed by atoms with Crippen LogP contribution in [-0.2, 0) is 23.9 Å². The topological polar surface area (TPSA) is 139 Å². The van der Waals surface area contributed by atoms with E-state index < -0.39 is 11.9 Å². The van der Waals surface area contributed by atoms with Crippen molar-refractivity contribution in [1.82, 2.24) is 10.3 Å². The van der Waals surface area contributed by atoms with Crippen LogP contribution in [0.1, 0.15) is 209 Å². The fraction of sp³-hybridized carbons (Fsp3) is 0.657. The lowest BCUT2D eigenvalue weighted by atomic mass is 9.59. The van der Waals surface area contributed by atoms with Crippen molar-refractivity contribution in [2.75, 3.05) is 5.32 Å². The Morgan fingerprint density at radius 2 is 1.08 bits per heavy atom. The van der Waals surface area contributed by atoms with Gasteiger partial charge in [0.2, 0.25) is 11.8 Å². The summed E-state index contributed by atoms with van der Waals surface area (Å²) in [6, 6.07) is 9.83. The highest BCUT2D eigenvalue weighted by atomic mass is 16.5. The second kappa shape index (κ2) is 23.4. The number of esters is 2. The summed E-state index contributed by atoms with van der Waals surface area (Å²) in [5.74, 6) is -0.157. The number of anilines is 1. The Kier molecular flexibility index (Phi) is 17.7. The van der Waals surface area contributed by atoms with E-state index >= 15 is 9.59 Å². The number of carbonyl (C=O) groups is 4. The van der Waals surface area contributed by atoms with Crippen LogP contribution in [0.2, 0.25) is 0 Å². The number of ether oxygens (including phenoxy) is 2. The van der Waals surface area contributed by atoms with Crippen LogP contribution in [0.15, 0.2) is 76.5 Å². The first-order chi connectivity index (χ1) is 36.2. The minimum atomic E-state index is -0.494. The van der Waals surface area contributed by atoms with Gasteiger partial charge in [-0.05, 0) is 103 Å². The number of nitrogens with one attached hydrogen (secondary N) is 3. The van der Waals surface area contributed by atoms with Crippen LogP contribution in [0.3, 0.4) is 0 Å². The molecule has 1 aromatic heterocycles. The summed E-state index contributed by atoms with van der Waals surface area (Å²) in [6.07, 6.45) is 22.9. The molecule has 0 spiro atoms. The Balaban J connectivity index is 1.34. The number of allylic oxidation sites excluding steroid dienone is 5. The highest BCUT2D eigenvalue weighted by Gasteiger charge is 2.51. The number of rotatable bonds is 10. The Labute approximate surface area is 463 Å². The highest BCUT2D eigenvalue weighted by molar-refractivity contribution is 6.26. The Morgan fingerprint density at radius 3 is 1.53 bits per heavy atom. The molecule has 0 bridgehead atoms. The maximum Gasteiger partial charge on any atom is 0.342 e. The molecule has 8 rings (SSSR count). The third-order valence-electron chi connectivity index (χ3n) is 18.7. The summed E-state index contributed by atoms with van der Waals surface area (Å²) < 4.78 is 14.1. The van der Waals surface area contributed by atoms with E-state index in [0.717, 1.165) is 95.5 Å². The van der Waals surface area contributed by atoms with Crippen molar-refractivity contribution >= 4 is 41.5 Å². The van der Waals surface area contributed by atoms with E-state index in [1.807, 2.05) is 48.6 Å². The van der Waals surface area contributed by atoms with Crippen LogP contribution >= 0.6 is 0 Å². The van der Waals surface area contributed by atoms with Crippen LogP contribution < -0.4 is 10.6 Å². The van der Waals surface area contributed by atoms with Crippen molar-refractivity contribution < 1.29 is 28.7 Å². The van der Waals surface area contributed by atoms with Gasteiger partial charge < -0.3 is 25.1 Å². The van der Waals surface area contributed by atoms with Gasteiger partial charge in [-0.1, -0.05) is 190 Å². The first kappa shape index (κ1) is 58.2. The maximum absolute atomic E-state index is 15.8. The Bertz CT molecular complexity index is 2580. The molecule has 2 amide bonds. The zero-order valence-corrected chi connectivity index (χ0v) is 49.6. The number of aliphatic imine (C=N–C) groups is 1. The number of benzene rings is 1. The average Bonchev–Trinajstić information content (AvgIpc) is 3.96. The molecular formula is C67H96N4O6. The number of nitrogens with zero attached hydrogens (tertiary/aromatic N) is 1. The molecule has 0 radical (unpaired) electrons. The molecule has 4 saturated carbocycles. The zero-order valence-electron chi connectivity index (χ0n) is 49.6. The number of amides is 2. The quantitative estimate of drug-likeness (QED) is 0.203. The minimum absolute atomic E-state index is 0.0910. The summed E-state index contributed by atoms with van der Waals surface area (Å²) in [7, 11) is 0. The van der Waals surface area contributed by atoms with Gasteiger partial charge in [0.25, 0.3) is 0 Å². The third-order valence-corrected chi connectivity index (χ3v) is 18.7. The van der Waals surface area contributed by atoms with Crippen molar-refractivity contribution in [3.05, 3.63) is 82.7 Å². The predicted octanol–water partition coefficient (Wildman–Crippen LogP) is 16.0. The van der Waals surface area contributed by atoms with Crippen molar-refractivity contribution in [1.29, 1.82) is 0 Å². The molecule has 10 heteroatoms. The van der Waals surface area contributed by atoms with Crippen LogP contribution in [0.25, 0.3) is 17.2 Å². The summed E-state index contributed by atoms with van der Waals surface area (Å²) >= 11 is 0. The molecule has 5 aliphatic carbocycles. The van der Waals surface area contributed by atoms with Crippen LogP contribution in [-0.4, -0.2) is 46.8 Å². The van der Waals surface area contributed by atoms with E-state index in [1.165, 1.54) is 0 Å². The normalized spacial score (nSPS) is 28.6. The molecule has 3 N–H and O–H groups in total. The molecule has 77 heavy (non-hydrogen) atoms. The van der Waals surface area contributed by atoms with Gasteiger partial charge in [-0.25, -0.2) is 14.6 Å². The summed E-state index contributed by atoms with van der Waals surface area (Å²) in [6.45, 7) is 31.7. The molecule has 5 atom stereocenters. The van der Waals surface area contributed by atoms with E-state index in [0.29, 0.717) is 40.8 Å². The standard InChI is InChI=1S/C67H96N4O6/c1-40-35-46(64(3,4)5)56(47(36-40)65(6,7)8)76-62(74)54-52(42-27-19-15-20-28-42)50(68-58(54)70-60(72)44-31-23-17-24-32-44)39-51-53(43-29-21-16-22-30-43)55(59(69-51)71-61(73)45-33-25-18-26-34-45)63(75)77-57-48(66(9,10)11)37-41(2)38-49(57)67(12,13)14/h15-16,19-22,27-29,39-41,43-49,56-57,68H,17-18,23-26,30-38H2,1-14H3,(H,70,72)(H,69,71,73). The average molecular weight is 1050 g/mol. The first-order valence-corrected chi connectivity index (χ1v) is 29.9. The number of aromatic nitrogens is 1. The van der Waals surface area contributed by atoms with Crippen LogP contribution in [0, 0.1) is 74.9 Å². The lowest BCUT2D eigenvalue weighted by Gasteiger charge is -2.50. The van der Waals surface area contributed by atoms with Gasteiger partial charge in [0.05, 0.1) is 11.4 Å². The molecule has 0 saturated heterocycles. The first-order valence-electron chi connectivity index (χ1n) is 29.9. The van der Waals surface area contributed by atoms with E-state index in [2.05, 4.69) is 125 Å². The summed E-state index contributed by atoms with van der Waals surface area (Å²) in [4.78, 5) is 69.5. The lowest BCUT2D eigenvalue weighted by Crippen LogP contribution is -2.50. The van der Waals surface area contributed by atoms with Gasteiger partial charge in [0, 0.05) is 52.6 Å². The number of hydrogen-bond acceptors (Lipinski definition) is 7. The molecule has 10 nitrogen and oxygen atoms in total. The third kappa shape index (κ3) is 13.4. The molecule has 2 heterocycles. The predicted molar refractivity (Wildman–Crippen MR) is 313 cm³/mol. The second-order valence-electron chi connectivity index (χ2n) is 28.9. The number of carbonyl (C=O) groups excluding carboxylic acids is 4. The molecule has 420 valence electrons. The van der Waals surface area contributed by atoms with Crippen LogP contribution in [0.4, 0.5) is 5.82 Å². The van der Waals surface area contributed by atoms with Crippen molar-refractivity contribution in [2.24, 2.45) is 79.9 Å². The van der Waals surface area contributed by atoms with E-state index in [9.17, 15) is 9.59 Å². The van der Waals surface area contributed by atoms with Crippen molar-refractivity contribution in [2.45, 2.75) is 205 Å². The van der Waals surface area contributed by atoms with Crippen molar-refractivity contribution in [3.63, 3.8) is 0 Å². The van der Waals surface area contributed by atoms with Crippen molar-refractivity contribution in [3.8, 4) is 11.1 Å². The number of aromatic amines is 1. The van der Waals surface area contributed by atoms with Gasteiger partial charge in [-0.15, -0.1) is 0 Å². The monoisotopic (exact) mass is 1050 g/mol. The van der Waals surface area contributed by atoms with Gasteiger partial charge in [-0.3, -0.25) is 9.59 Å². The van der Waals surface area contributed by atoms with Gasteiger partial charge >= 0.3 is 11.9 Å². The molecular weight excluding hydrogens is 957 g/mol. The minimum Gasteiger partial charge on any atom is -0.458 e. The fourth-order valence-electron chi connectivity index (χ4n) is 14.3. The fourth-order valence-corrected chi connectivity index (χ4v) is 14.3. The molecule has 5 unspecified atom stereocenters. The Hall–Kier alpha value is -4.99. The molecule has 1 aromatic carbocycles. The number of H-pyrrole nitrogens is 1. The summed E-state index contributed by atoms with van der Waals surface area (Å²) in [5, 5.41) is 6.52. The Morgan fingerprint density at radius 1 is 0.610 bits per heavy atom. The molecule has 2 aromatic rings. The lowest BCUT2D eigenvalue weighted by molar-refractivity contribution is -0.164. The van der Waals surface area contributed by atoms with E-state index in [1.54, 1.807) is 0 Å². The zero-order chi connectivity index (χ0) is 55.8. The smallest absolute Gasteiger partial charge is 0.342 e. The second-order valence-corrected chi connectivity index (χ2v) is 28.9. The van der Waals surface area contributed by atoms with Crippen LogP contribution in [0.5, 0.6) is 0 Å². The largest absolute Gasteiger partial charge is 0.458 e. The molecule has 1 aliphatic heterocycles. The molecule has 4 fully saturated rings. The van der Waals surface area contributed by atoms with Gasteiger partial charge in [0.1, 0.15) is 35.0 Å².